The highest BCUT2D eigenvalue weighted by Gasteiger charge is 2.10. The molecule has 11 heavy (non-hydrogen) atoms. The zero-order chi connectivity index (χ0) is 8.91. The molecule has 0 unspecified atom stereocenters. The van der Waals surface area contributed by atoms with E-state index in [4.69, 9.17) is 0 Å². The second-order valence-corrected chi connectivity index (χ2v) is 3.87. The summed E-state index contributed by atoms with van der Waals surface area (Å²) in [4.78, 5) is 10.6. The molecule has 0 aliphatic heterocycles. The fourth-order valence-corrected chi connectivity index (χ4v) is 0.956. The predicted molar refractivity (Wildman–Crippen MR) is 39.5 cm³/mol. The molecule has 0 aromatic heterocycles. The van der Waals surface area contributed by atoms with Crippen molar-refractivity contribution in [3.8, 4) is 0 Å². The Kier molecular flexibility index (Phi) is 4.06. The molecule has 0 atom stereocenters. The van der Waals surface area contributed by atoms with Gasteiger partial charge in [-0.1, -0.05) is 0 Å². The topological polar surface area (TPSA) is 72.5 Å². The monoisotopic (exact) mass is 181 g/mol. The second kappa shape index (κ2) is 4.30. The SMILES string of the molecule is CCS(=O)(=O)NC(=O)COC. The quantitative estimate of drug-likeness (QED) is 0.610. The van der Waals surface area contributed by atoms with Crippen LogP contribution in [-0.2, 0) is 19.6 Å². The molecule has 66 valence electrons. The fraction of sp³-hybridized carbons (Fsp3) is 0.800. The van der Waals surface area contributed by atoms with E-state index in [2.05, 4.69) is 4.74 Å². The second-order valence-electron chi connectivity index (χ2n) is 1.86. The third kappa shape index (κ3) is 4.74. The van der Waals surface area contributed by atoms with Crippen LogP contribution >= 0.6 is 0 Å². The van der Waals surface area contributed by atoms with Crippen LogP contribution in [0.2, 0.25) is 0 Å². The number of amides is 1. The summed E-state index contributed by atoms with van der Waals surface area (Å²) in [5.41, 5.74) is 0. The van der Waals surface area contributed by atoms with E-state index in [0.717, 1.165) is 0 Å². The molecule has 6 heteroatoms. The molecule has 0 heterocycles. The normalized spacial score (nSPS) is 11.1. The number of carbonyl (C=O) groups excluding carboxylic acids is 1. The lowest BCUT2D eigenvalue weighted by Gasteiger charge is -2.02. The molecule has 0 bridgehead atoms. The van der Waals surface area contributed by atoms with Crippen molar-refractivity contribution in [2.75, 3.05) is 19.5 Å². The Morgan fingerprint density at radius 2 is 2.09 bits per heavy atom. The van der Waals surface area contributed by atoms with E-state index >= 15 is 0 Å². The molecule has 5 nitrogen and oxygen atoms in total. The summed E-state index contributed by atoms with van der Waals surface area (Å²) in [6.07, 6.45) is 0. The van der Waals surface area contributed by atoms with E-state index in [1.807, 2.05) is 4.72 Å². The van der Waals surface area contributed by atoms with Crippen LogP contribution in [0.15, 0.2) is 0 Å². The van der Waals surface area contributed by atoms with Crippen molar-refractivity contribution in [3.63, 3.8) is 0 Å². The minimum Gasteiger partial charge on any atom is -0.375 e. The Morgan fingerprint density at radius 3 is 2.45 bits per heavy atom. The first kappa shape index (κ1) is 10.4. The van der Waals surface area contributed by atoms with Crippen molar-refractivity contribution in [2.45, 2.75) is 6.92 Å². The Labute approximate surface area is 65.8 Å². The first-order chi connectivity index (χ1) is 5.02. The maximum atomic E-state index is 10.7. The van der Waals surface area contributed by atoms with Gasteiger partial charge in [0.25, 0.3) is 5.91 Å². The number of hydrogen-bond donors (Lipinski definition) is 1. The van der Waals surface area contributed by atoms with Crippen molar-refractivity contribution >= 4 is 15.9 Å². The molecule has 0 spiro atoms. The summed E-state index contributed by atoms with van der Waals surface area (Å²) in [5.74, 6) is -0.753. The van der Waals surface area contributed by atoms with Gasteiger partial charge in [-0.25, -0.2) is 8.42 Å². The Bertz CT molecular complexity index is 221. The van der Waals surface area contributed by atoms with Gasteiger partial charge in [0.1, 0.15) is 6.61 Å². The first-order valence-electron chi connectivity index (χ1n) is 3.04. The average Bonchev–Trinajstić information content (AvgIpc) is 1.87. The van der Waals surface area contributed by atoms with Gasteiger partial charge < -0.3 is 4.74 Å². The summed E-state index contributed by atoms with van der Waals surface area (Å²) in [6.45, 7) is 1.21. The summed E-state index contributed by atoms with van der Waals surface area (Å²) in [6, 6.07) is 0. The number of ether oxygens (including phenoxy) is 1. The third-order valence-electron chi connectivity index (χ3n) is 0.925. The van der Waals surface area contributed by atoms with Gasteiger partial charge in [0.05, 0.1) is 5.75 Å². The molecule has 0 saturated carbocycles. The van der Waals surface area contributed by atoms with Gasteiger partial charge in [0, 0.05) is 7.11 Å². The van der Waals surface area contributed by atoms with Crippen LogP contribution in [0.3, 0.4) is 0 Å². The van der Waals surface area contributed by atoms with Crippen LogP contribution < -0.4 is 4.72 Å². The molecule has 0 radical (unpaired) electrons. The summed E-state index contributed by atoms with van der Waals surface area (Å²) in [7, 11) is -2.10. The number of carbonyl (C=O) groups is 1. The molecule has 1 N–H and O–H groups in total. The standard InChI is InChI=1S/C5H11NO4S/c1-3-11(8,9)6-5(7)4-10-2/h3-4H2,1-2H3,(H,6,7). The van der Waals surface area contributed by atoms with E-state index in [9.17, 15) is 13.2 Å². The van der Waals surface area contributed by atoms with Gasteiger partial charge in [-0.2, -0.15) is 0 Å². The van der Waals surface area contributed by atoms with Crippen molar-refractivity contribution in [2.24, 2.45) is 0 Å². The Hall–Kier alpha value is -0.620. The lowest BCUT2D eigenvalue weighted by molar-refractivity contribution is -0.122. The van der Waals surface area contributed by atoms with Crippen LogP contribution in [0, 0.1) is 0 Å². The van der Waals surface area contributed by atoms with Gasteiger partial charge in [-0.15, -0.1) is 0 Å². The number of sulfonamides is 1. The molecular weight excluding hydrogens is 170 g/mol. The zero-order valence-electron chi connectivity index (χ0n) is 6.46. The summed E-state index contributed by atoms with van der Waals surface area (Å²) < 4.78 is 27.6. The largest absolute Gasteiger partial charge is 0.375 e. The lowest BCUT2D eigenvalue weighted by atomic mass is 10.7. The minimum atomic E-state index is -3.42. The first-order valence-corrected chi connectivity index (χ1v) is 4.69. The van der Waals surface area contributed by atoms with Crippen LogP contribution in [0.25, 0.3) is 0 Å². The molecule has 0 rings (SSSR count). The van der Waals surface area contributed by atoms with Crippen LogP contribution in [0.1, 0.15) is 6.92 Å². The molecule has 0 aliphatic rings. The van der Waals surface area contributed by atoms with Crippen molar-refractivity contribution in [1.29, 1.82) is 0 Å². The Balaban J connectivity index is 3.95. The van der Waals surface area contributed by atoms with Gasteiger partial charge in [0.15, 0.2) is 0 Å². The molecule has 0 fully saturated rings. The molecule has 1 amide bonds. The molecule has 0 saturated heterocycles. The maximum absolute atomic E-state index is 10.7. The molecule has 0 aromatic rings. The van der Waals surface area contributed by atoms with E-state index in [0.29, 0.717) is 0 Å². The van der Waals surface area contributed by atoms with Crippen LogP contribution in [0.4, 0.5) is 0 Å². The number of methoxy groups -OCH3 is 1. The smallest absolute Gasteiger partial charge is 0.259 e. The van der Waals surface area contributed by atoms with E-state index in [1.165, 1.54) is 14.0 Å². The van der Waals surface area contributed by atoms with Gasteiger partial charge in [-0.3, -0.25) is 9.52 Å². The molecule has 0 aliphatic carbocycles. The predicted octanol–water partition coefficient (Wildman–Crippen LogP) is -0.901. The third-order valence-corrected chi connectivity index (χ3v) is 2.22. The van der Waals surface area contributed by atoms with E-state index in [1.54, 1.807) is 0 Å². The number of hydrogen-bond acceptors (Lipinski definition) is 4. The highest BCUT2D eigenvalue weighted by atomic mass is 32.2. The average molecular weight is 181 g/mol. The lowest BCUT2D eigenvalue weighted by Crippen LogP contribution is -2.34. The van der Waals surface area contributed by atoms with Crippen molar-refractivity contribution < 1.29 is 17.9 Å². The highest BCUT2D eigenvalue weighted by Crippen LogP contribution is 1.81. The van der Waals surface area contributed by atoms with Gasteiger partial charge >= 0.3 is 0 Å². The summed E-state index contributed by atoms with van der Waals surface area (Å²) in [5, 5.41) is 0. The van der Waals surface area contributed by atoms with Crippen molar-refractivity contribution in [1.82, 2.24) is 4.72 Å². The van der Waals surface area contributed by atoms with Gasteiger partial charge in [0.2, 0.25) is 10.0 Å². The van der Waals surface area contributed by atoms with E-state index < -0.39 is 15.9 Å². The Morgan fingerprint density at radius 1 is 1.55 bits per heavy atom. The van der Waals surface area contributed by atoms with Crippen LogP contribution in [-0.4, -0.2) is 33.8 Å². The molecular formula is C5H11NO4S. The van der Waals surface area contributed by atoms with Crippen LogP contribution in [0.5, 0.6) is 0 Å². The highest BCUT2D eigenvalue weighted by molar-refractivity contribution is 7.90. The van der Waals surface area contributed by atoms with Crippen molar-refractivity contribution in [3.05, 3.63) is 0 Å². The van der Waals surface area contributed by atoms with E-state index in [-0.39, 0.29) is 12.4 Å². The summed E-state index contributed by atoms with van der Waals surface area (Å²) >= 11 is 0. The minimum absolute atomic E-state index is 0.109. The number of nitrogens with one attached hydrogen (secondary N) is 1. The van der Waals surface area contributed by atoms with Gasteiger partial charge in [-0.05, 0) is 6.92 Å². The fourth-order valence-electron chi connectivity index (χ4n) is 0.406. The zero-order valence-corrected chi connectivity index (χ0v) is 7.27. The molecule has 0 aromatic carbocycles. The number of rotatable bonds is 4. The maximum Gasteiger partial charge on any atom is 0.259 e.